The number of imidazole rings is 1. The van der Waals surface area contributed by atoms with Crippen LogP contribution in [0.25, 0.3) is 11.0 Å². The average molecular weight is 388 g/mol. The molecule has 0 unspecified atom stereocenters. The average Bonchev–Trinajstić information content (AvgIpc) is 3.06. The highest BCUT2D eigenvalue weighted by Gasteiger charge is 2.12. The minimum atomic E-state index is 0.485. The van der Waals surface area contributed by atoms with Crippen LogP contribution < -0.4 is 16.4 Å². The fourth-order valence-electron chi connectivity index (χ4n) is 3.14. The molecular weight excluding hydrogens is 366 g/mol. The highest BCUT2D eigenvalue weighted by molar-refractivity contribution is 7.80. The number of nitrogens with zero attached hydrogens (tertiary/aromatic N) is 2. The molecule has 0 aliphatic rings. The Morgan fingerprint density at radius 1 is 0.893 bits per heavy atom. The lowest BCUT2D eigenvalue weighted by Crippen LogP contribution is -2.22. The van der Waals surface area contributed by atoms with E-state index in [9.17, 15) is 0 Å². The number of nitrogens with two attached hydrogens (primary N) is 1. The zero-order chi connectivity index (χ0) is 19.3. The smallest absolute Gasteiger partial charge is 0.210 e. The molecule has 0 saturated carbocycles. The molecule has 0 spiro atoms. The van der Waals surface area contributed by atoms with Gasteiger partial charge in [-0.05, 0) is 47.6 Å². The summed E-state index contributed by atoms with van der Waals surface area (Å²) in [5.74, 6) is 0.706. The maximum absolute atomic E-state index is 5.72. The van der Waals surface area contributed by atoms with Crippen molar-refractivity contribution >= 4 is 40.0 Å². The molecule has 140 valence electrons. The highest BCUT2D eigenvalue weighted by atomic mass is 32.1. The summed E-state index contributed by atoms with van der Waals surface area (Å²) < 4.78 is 2.13. The topological polar surface area (TPSA) is 67.9 Å². The Balaban J connectivity index is 1.60. The number of rotatable bonds is 5. The SMILES string of the molecule is NCc1cccc(NC(=S)Nc2nc3ccccc3n2Cc2ccccc2)c1. The summed E-state index contributed by atoms with van der Waals surface area (Å²) in [6.45, 7) is 1.19. The molecule has 0 radical (unpaired) electrons. The number of aromatic nitrogens is 2. The molecule has 1 heterocycles. The summed E-state index contributed by atoms with van der Waals surface area (Å²) in [5.41, 5.74) is 10.8. The van der Waals surface area contributed by atoms with Gasteiger partial charge in [-0.25, -0.2) is 4.98 Å². The Kier molecular flexibility index (Phi) is 5.32. The zero-order valence-electron chi connectivity index (χ0n) is 15.3. The molecule has 4 rings (SSSR count). The third-order valence-corrected chi connectivity index (χ3v) is 4.69. The molecule has 0 bridgehead atoms. The first-order valence-electron chi connectivity index (χ1n) is 9.09. The first-order valence-corrected chi connectivity index (χ1v) is 9.50. The Morgan fingerprint density at radius 3 is 2.46 bits per heavy atom. The van der Waals surface area contributed by atoms with Crippen LogP contribution in [0.5, 0.6) is 0 Å². The van der Waals surface area contributed by atoms with Gasteiger partial charge < -0.3 is 20.9 Å². The van der Waals surface area contributed by atoms with E-state index in [1.54, 1.807) is 0 Å². The van der Waals surface area contributed by atoms with Gasteiger partial charge in [0.05, 0.1) is 17.6 Å². The fourth-order valence-corrected chi connectivity index (χ4v) is 3.35. The predicted octanol–water partition coefficient (Wildman–Crippen LogP) is 4.35. The third-order valence-electron chi connectivity index (χ3n) is 4.48. The largest absolute Gasteiger partial charge is 0.332 e. The summed E-state index contributed by atoms with van der Waals surface area (Å²) in [4.78, 5) is 4.73. The number of hydrogen-bond donors (Lipinski definition) is 3. The number of para-hydroxylation sites is 2. The number of thiocarbonyl (C=S) groups is 1. The second kappa shape index (κ2) is 8.21. The lowest BCUT2D eigenvalue weighted by Gasteiger charge is -2.13. The van der Waals surface area contributed by atoms with Crippen molar-refractivity contribution in [3.8, 4) is 0 Å². The van der Waals surface area contributed by atoms with Gasteiger partial charge in [-0.15, -0.1) is 0 Å². The molecule has 3 aromatic carbocycles. The van der Waals surface area contributed by atoms with Crippen LogP contribution in [-0.4, -0.2) is 14.7 Å². The number of anilines is 2. The molecule has 0 fully saturated rings. The van der Waals surface area contributed by atoms with E-state index in [1.807, 2.05) is 60.7 Å². The highest BCUT2D eigenvalue weighted by Crippen LogP contribution is 2.21. The van der Waals surface area contributed by atoms with Crippen LogP contribution in [0, 0.1) is 0 Å². The summed E-state index contributed by atoms with van der Waals surface area (Å²) in [6.07, 6.45) is 0. The molecule has 4 N–H and O–H groups in total. The zero-order valence-corrected chi connectivity index (χ0v) is 16.1. The Hall–Kier alpha value is -3.22. The molecule has 0 amide bonds. The molecule has 28 heavy (non-hydrogen) atoms. The maximum Gasteiger partial charge on any atom is 0.210 e. The minimum Gasteiger partial charge on any atom is -0.332 e. The fraction of sp³-hybridized carbons (Fsp3) is 0.0909. The molecule has 4 aromatic rings. The molecular formula is C22H21N5S. The second-order valence-corrected chi connectivity index (χ2v) is 6.89. The van der Waals surface area contributed by atoms with Gasteiger partial charge >= 0.3 is 0 Å². The Morgan fingerprint density at radius 2 is 1.64 bits per heavy atom. The van der Waals surface area contributed by atoms with E-state index >= 15 is 0 Å². The number of hydrogen-bond acceptors (Lipinski definition) is 3. The van der Waals surface area contributed by atoms with Crippen LogP contribution in [0.1, 0.15) is 11.1 Å². The van der Waals surface area contributed by atoms with Crippen LogP contribution in [0.4, 0.5) is 11.6 Å². The van der Waals surface area contributed by atoms with Gasteiger partial charge in [0.15, 0.2) is 5.11 Å². The van der Waals surface area contributed by atoms with E-state index in [-0.39, 0.29) is 0 Å². The minimum absolute atomic E-state index is 0.485. The lowest BCUT2D eigenvalue weighted by atomic mass is 10.2. The van der Waals surface area contributed by atoms with Crippen LogP contribution in [0.3, 0.4) is 0 Å². The van der Waals surface area contributed by atoms with Crippen molar-refractivity contribution in [1.29, 1.82) is 0 Å². The summed E-state index contributed by atoms with van der Waals surface area (Å²) in [6, 6.07) is 26.3. The quantitative estimate of drug-likeness (QED) is 0.444. The van der Waals surface area contributed by atoms with Crippen LogP contribution in [0.15, 0.2) is 78.9 Å². The summed E-state index contributed by atoms with van der Waals surface area (Å²) in [7, 11) is 0. The van der Waals surface area contributed by atoms with E-state index < -0.39 is 0 Å². The molecule has 0 aliphatic heterocycles. The number of fused-ring (bicyclic) bond motifs is 1. The van der Waals surface area contributed by atoms with Crippen LogP contribution >= 0.6 is 12.2 Å². The van der Waals surface area contributed by atoms with Gasteiger partial charge in [0, 0.05) is 12.2 Å². The Bertz CT molecular complexity index is 1100. The second-order valence-electron chi connectivity index (χ2n) is 6.48. The summed E-state index contributed by atoms with van der Waals surface area (Å²) in [5, 5.41) is 6.94. The summed E-state index contributed by atoms with van der Waals surface area (Å²) >= 11 is 5.52. The van der Waals surface area contributed by atoms with Crippen LogP contribution in [-0.2, 0) is 13.1 Å². The van der Waals surface area contributed by atoms with Crippen molar-refractivity contribution in [3.05, 3.63) is 90.0 Å². The lowest BCUT2D eigenvalue weighted by molar-refractivity contribution is 0.837. The van der Waals surface area contributed by atoms with Gasteiger partial charge in [-0.1, -0.05) is 54.6 Å². The number of benzene rings is 3. The molecule has 6 heteroatoms. The normalized spacial score (nSPS) is 10.8. The molecule has 0 aliphatic carbocycles. The van der Waals surface area contributed by atoms with Crippen LogP contribution in [0.2, 0.25) is 0 Å². The number of nitrogens with one attached hydrogen (secondary N) is 2. The maximum atomic E-state index is 5.72. The van der Waals surface area contributed by atoms with Gasteiger partial charge in [0.25, 0.3) is 0 Å². The molecule has 1 aromatic heterocycles. The van der Waals surface area contributed by atoms with E-state index in [0.717, 1.165) is 22.3 Å². The van der Waals surface area contributed by atoms with Gasteiger partial charge in [-0.2, -0.15) is 0 Å². The van der Waals surface area contributed by atoms with Crippen molar-refractivity contribution < 1.29 is 0 Å². The van der Waals surface area contributed by atoms with Crippen molar-refractivity contribution in [1.82, 2.24) is 9.55 Å². The van der Waals surface area contributed by atoms with E-state index in [1.165, 1.54) is 5.56 Å². The van der Waals surface area contributed by atoms with Gasteiger partial charge in [-0.3, -0.25) is 0 Å². The third kappa shape index (κ3) is 4.03. The van der Waals surface area contributed by atoms with Crippen molar-refractivity contribution in [3.63, 3.8) is 0 Å². The molecule has 0 saturated heterocycles. The standard InChI is InChI=1S/C22H21N5S/c23-14-17-9-6-10-18(13-17)24-22(28)26-21-25-19-11-4-5-12-20(19)27(21)15-16-7-2-1-3-8-16/h1-13H,14-15,23H2,(H2,24,25,26,28). The Labute approximate surface area is 169 Å². The molecule has 0 atom stereocenters. The van der Waals surface area contributed by atoms with Crippen molar-refractivity contribution in [2.45, 2.75) is 13.1 Å². The first-order chi connectivity index (χ1) is 13.7. The van der Waals surface area contributed by atoms with Crippen molar-refractivity contribution in [2.75, 3.05) is 10.6 Å². The van der Waals surface area contributed by atoms with Crippen molar-refractivity contribution in [2.24, 2.45) is 5.73 Å². The van der Waals surface area contributed by atoms with Gasteiger partial charge in [0.2, 0.25) is 5.95 Å². The van der Waals surface area contributed by atoms with E-state index in [4.69, 9.17) is 22.9 Å². The monoisotopic (exact) mass is 387 g/mol. The molecule has 5 nitrogen and oxygen atoms in total. The van der Waals surface area contributed by atoms with E-state index in [0.29, 0.717) is 24.2 Å². The predicted molar refractivity (Wildman–Crippen MR) is 119 cm³/mol. The van der Waals surface area contributed by atoms with E-state index in [2.05, 4.69) is 33.4 Å². The first kappa shape index (κ1) is 18.2. The van der Waals surface area contributed by atoms with Gasteiger partial charge in [0.1, 0.15) is 0 Å².